The molecule has 110 valence electrons. The van der Waals surface area contributed by atoms with E-state index in [2.05, 4.69) is 9.88 Å². The number of hydrogen-bond acceptors (Lipinski definition) is 5. The van der Waals surface area contributed by atoms with E-state index in [9.17, 15) is 10.1 Å². The summed E-state index contributed by atoms with van der Waals surface area (Å²) in [5, 5.41) is 12.7. The number of aromatic nitrogens is 1. The molecule has 0 amide bonds. The molecule has 1 aromatic heterocycles. The maximum absolute atomic E-state index is 11.2. The van der Waals surface area contributed by atoms with Crippen LogP contribution in [0.25, 0.3) is 10.8 Å². The molecule has 3 rings (SSSR count). The molecule has 1 aromatic carbocycles. The van der Waals surface area contributed by atoms with Crippen molar-refractivity contribution in [2.24, 2.45) is 11.7 Å². The minimum Gasteiger partial charge on any atom is -0.371 e. The van der Waals surface area contributed by atoms with E-state index < -0.39 is 0 Å². The summed E-state index contributed by atoms with van der Waals surface area (Å²) in [4.78, 5) is 17.3. The second-order valence-electron chi connectivity index (χ2n) is 5.57. The van der Waals surface area contributed by atoms with E-state index in [1.165, 1.54) is 0 Å². The lowest BCUT2D eigenvalue weighted by atomic mass is 10.1. The van der Waals surface area contributed by atoms with Crippen LogP contribution in [0.2, 0.25) is 0 Å². The number of nitrogens with two attached hydrogens (primary N) is 1. The quantitative estimate of drug-likeness (QED) is 0.691. The molecule has 1 saturated heterocycles. The Morgan fingerprint density at radius 2 is 2.29 bits per heavy atom. The van der Waals surface area contributed by atoms with Crippen LogP contribution in [-0.4, -0.2) is 29.5 Å². The molecule has 0 radical (unpaired) electrons. The minimum absolute atomic E-state index is 0.107. The first-order chi connectivity index (χ1) is 10.1. The maximum Gasteiger partial charge on any atom is 0.278 e. The van der Waals surface area contributed by atoms with Crippen LogP contribution in [0.15, 0.2) is 24.4 Å². The molecular weight excluding hydrogens is 268 g/mol. The molecule has 1 aliphatic heterocycles. The molecule has 0 spiro atoms. The van der Waals surface area contributed by atoms with E-state index in [0.29, 0.717) is 17.8 Å². The van der Waals surface area contributed by atoms with Gasteiger partial charge in [0.25, 0.3) is 5.69 Å². The summed E-state index contributed by atoms with van der Waals surface area (Å²) in [7, 11) is 0. The number of hydrogen-bond donors (Lipinski definition) is 1. The summed E-state index contributed by atoms with van der Waals surface area (Å²) in [6.45, 7) is 4.43. The normalized spacial score (nSPS) is 18.4. The Kier molecular flexibility index (Phi) is 3.47. The zero-order chi connectivity index (χ0) is 15.0. The number of nitro benzene ring substituents is 1. The van der Waals surface area contributed by atoms with Gasteiger partial charge in [0.1, 0.15) is 0 Å². The molecule has 21 heavy (non-hydrogen) atoms. The number of anilines is 1. The molecule has 0 aliphatic carbocycles. The molecule has 1 atom stereocenters. The zero-order valence-corrected chi connectivity index (χ0v) is 12.0. The second-order valence-corrected chi connectivity index (χ2v) is 5.57. The van der Waals surface area contributed by atoms with Crippen molar-refractivity contribution < 1.29 is 4.92 Å². The number of nitrogens with zero attached hydrogens (tertiary/aromatic N) is 3. The van der Waals surface area contributed by atoms with Gasteiger partial charge in [0.2, 0.25) is 0 Å². The van der Waals surface area contributed by atoms with Gasteiger partial charge in [-0.1, -0.05) is 0 Å². The van der Waals surface area contributed by atoms with Crippen LogP contribution in [0.3, 0.4) is 0 Å². The van der Waals surface area contributed by atoms with Crippen molar-refractivity contribution in [3.63, 3.8) is 0 Å². The van der Waals surface area contributed by atoms with E-state index in [1.54, 1.807) is 12.3 Å². The van der Waals surface area contributed by atoms with Crippen molar-refractivity contribution in [1.82, 2.24) is 4.98 Å². The molecule has 0 saturated carbocycles. The average Bonchev–Trinajstić information content (AvgIpc) is 2.94. The van der Waals surface area contributed by atoms with E-state index in [-0.39, 0.29) is 10.6 Å². The van der Waals surface area contributed by atoms with Gasteiger partial charge in [0.15, 0.2) is 0 Å². The van der Waals surface area contributed by atoms with Gasteiger partial charge in [0, 0.05) is 42.1 Å². The lowest BCUT2D eigenvalue weighted by Crippen LogP contribution is -2.22. The summed E-state index contributed by atoms with van der Waals surface area (Å²) in [5.74, 6) is 0.498. The highest BCUT2D eigenvalue weighted by Crippen LogP contribution is 2.35. The number of nitro groups is 1. The Balaban J connectivity index is 2.13. The van der Waals surface area contributed by atoms with E-state index >= 15 is 0 Å². The maximum atomic E-state index is 11.2. The molecular formula is C15H18N4O2. The third kappa shape index (κ3) is 2.42. The molecule has 1 fully saturated rings. The van der Waals surface area contributed by atoms with Gasteiger partial charge in [-0.15, -0.1) is 0 Å². The number of rotatable bonds is 3. The Bertz CT molecular complexity index is 701. The number of pyridine rings is 1. The minimum atomic E-state index is -0.351. The molecule has 2 aromatic rings. The van der Waals surface area contributed by atoms with Crippen molar-refractivity contribution in [2.75, 3.05) is 24.5 Å². The van der Waals surface area contributed by atoms with Crippen LogP contribution in [0.1, 0.15) is 12.1 Å². The number of fused-ring (bicyclic) bond motifs is 1. The van der Waals surface area contributed by atoms with Crippen molar-refractivity contribution in [2.45, 2.75) is 13.3 Å². The highest BCUT2D eigenvalue weighted by atomic mass is 16.6. The van der Waals surface area contributed by atoms with E-state index in [4.69, 9.17) is 5.73 Å². The fourth-order valence-electron chi connectivity index (χ4n) is 2.99. The molecule has 2 heterocycles. The average molecular weight is 286 g/mol. The summed E-state index contributed by atoms with van der Waals surface area (Å²) in [6, 6.07) is 5.34. The van der Waals surface area contributed by atoms with Gasteiger partial charge in [0.05, 0.1) is 10.3 Å². The van der Waals surface area contributed by atoms with Gasteiger partial charge in [-0.2, -0.15) is 0 Å². The first kappa shape index (κ1) is 13.8. The van der Waals surface area contributed by atoms with Crippen LogP contribution in [-0.2, 0) is 0 Å². The van der Waals surface area contributed by atoms with E-state index in [1.807, 2.05) is 19.1 Å². The van der Waals surface area contributed by atoms with Crippen molar-refractivity contribution in [3.8, 4) is 0 Å². The molecule has 6 heteroatoms. The van der Waals surface area contributed by atoms with E-state index in [0.717, 1.165) is 36.3 Å². The fraction of sp³-hybridized carbons (Fsp3) is 0.400. The highest BCUT2D eigenvalue weighted by Gasteiger charge is 2.24. The predicted octanol–water partition coefficient (Wildman–Crippen LogP) is 2.24. The third-order valence-electron chi connectivity index (χ3n) is 4.15. The van der Waals surface area contributed by atoms with Crippen molar-refractivity contribution in [1.29, 1.82) is 0 Å². The topological polar surface area (TPSA) is 85.3 Å². The Morgan fingerprint density at radius 3 is 2.95 bits per heavy atom. The third-order valence-corrected chi connectivity index (χ3v) is 4.15. The van der Waals surface area contributed by atoms with Crippen LogP contribution >= 0.6 is 0 Å². The molecule has 0 bridgehead atoms. The number of non-ortho nitro benzene ring substituents is 1. The first-order valence-electron chi connectivity index (χ1n) is 7.09. The first-order valence-corrected chi connectivity index (χ1v) is 7.09. The van der Waals surface area contributed by atoms with Gasteiger partial charge in [-0.3, -0.25) is 15.1 Å². The van der Waals surface area contributed by atoms with Gasteiger partial charge < -0.3 is 10.6 Å². The Morgan fingerprint density at radius 1 is 1.48 bits per heavy atom. The van der Waals surface area contributed by atoms with Crippen LogP contribution in [0.5, 0.6) is 0 Å². The molecule has 2 N–H and O–H groups in total. The predicted molar refractivity (Wildman–Crippen MR) is 82.5 cm³/mol. The largest absolute Gasteiger partial charge is 0.371 e. The Labute approximate surface area is 122 Å². The van der Waals surface area contributed by atoms with Gasteiger partial charge in [-0.25, -0.2) is 0 Å². The summed E-state index contributed by atoms with van der Waals surface area (Å²) in [5.41, 5.74) is 7.75. The van der Waals surface area contributed by atoms with Crippen LogP contribution in [0, 0.1) is 23.0 Å². The van der Waals surface area contributed by atoms with Crippen molar-refractivity contribution in [3.05, 3.63) is 40.2 Å². The Hall–Kier alpha value is -2.21. The lowest BCUT2D eigenvalue weighted by Gasteiger charge is -2.20. The SMILES string of the molecule is Cc1cc2c(N3CCC(CN)C3)ccc([N+](=O)[O-])c2cn1. The molecule has 1 unspecified atom stereocenters. The zero-order valence-electron chi connectivity index (χ0n) is 12.0. The second kappa shape index (κ2) is 5.29. The lowest BCUT2D eigenvalue weighted by molar-refractivity contribution is -0.383. The summed E-state index contributed by atoms with van der Waals surface area (Å²) >= 11 is 0. The molecule has 1 aliphatic rings. The standard InChI is InChI=1S/C15H18N4O2/c1-10-6-12-13(8-17-10)15(19(20)21)3-2-14(12)18-5-4-11(7-16)9-18/h2-3,6,8,11H,4-5,7,9,16H2,1H3. The van der Waals surface area contributed by atoms with Gasteiger partial charge in [-0.05, 0) is 37.9 Å². The van der Waals surface area contributed by atoms with Gasteiger partial charge >= 0.3 is 0 Å². The summed E-state index contributed by atoms with van der Waals surface area (Å²) < 4.78 is 0. The van der Waals surface area contributed by atoms with Crippen LogP contribution in [0.4, 0.5) is 11.4 Å². The van der Waals surface area contributed by atoms with Crippen LogP contribution < -0.4 is 10.6 Å². The monoisotopic (exact) mass is 286 g/mol. The number of benzene rings is 1. The summed E-state index contributed by atoms with van der Waals surface area (Å²) in [6.07, 6.45) is 2.67. The number of aryl methyl sites for hydroxylation is 1. The smallest absolute Gasteiger partial charge is 0.278 e. The molecule has 6 nitrogen and oxygen atoms in total. The van der Waals surface area contributed by atoms with Crippen molar-refractivity contribution >= 4 is 22.1 Å². The highest BCUT2D eigenvalue weighted by molar-refractivity contribution is 5.99. The fourth-order valence-corrected chi connectivity index (χ4v) is 2.99.